The molecule has 1 saturated heterocycles. The Bertz CT molecular complexity index is 682. The highest BCUT2D eigenvalue weighted by molar-refractivity contribution is 5.24. The normalized spacial score (nSPS) is 21.6. The van der Waals surface area contributed by atoms with Crippen LogP contribution >= 0.6 is 0 Å². The molecule has 2 aromatic rings. The van der Waals surface area contributed by atoms with Gasteiger partial charge in [0, 0.05) is 30.8 Å². The van der Waals surface area contributed by atoms with Crippen molar-refractivity contribution in [2.24, 2.45) is 0 Å². The van der Waals surface area contributed by atoms with Crippen molar-refractivity contribution in [1.29, 1.82) is 0 Å². The topological polar surface area (TPSA) is 58.5 Å². The summed E-state index contributed by atoms with van der Waals surface area (Å²) < 4.78 is 32.4. The first-order chi connectivity index (χ1) is 11.1. The Hall–Kier alpha value is -2.12. The van der Waals surface area contributed by atoms with Gasteiger partial charge in [0.25, 0.3) is 0 Å². The van der Waals surface area contributed by atoms with E-state index in [2.05, 4.69) is 10.2 Å². The zero-order valence-corrected chi connectivity index (χ0v) is 12.6. The van der Waals surface area contributed by atoms with Crippen LogP contribution in [0.3, 0.4) is 0 Å². The fourth-order valence-electron chi connectivity index (χ4n) is 2.90. The Morgan fingerprint density at radius 3 is 2.78 bits per heavy atom. The van der Waals surface area contributed by atoms with Gasteiger partial charge in [-0.3, -0.25) is 4.90 Å². The average Bonchev–Trinajstić information content (AvgIpc) is 2.91. The lowest BCUT2D eigenvalue weighted by molar-refractivity contribution is 0.171. The van der Waals surface area contributed by atoms with Crippen LogP contribution in [0.4, 0.5) is 8.78 Å². The molecule has 0 amide bonds. The molecule has 0 aliphatic carbocycles. The summed E-state index contributed by atoms with van der Waals surface area (Å²) in [5, 5.41) is 17.9. The summed E-state index contributed by atoms with van der Waals surface area (Å²) in [7, 11) is 1.50. The van der Waals surface area contributed by atoms with E-state index in [1.165, 1.54) is 13.2 Å². The van der Waals surface area contributed by atoms with Gasteiger partial charge < -0.3 is 9.84 Å². The number of aliphatic hydroxyl groups excluding tert-OH is 1. The van der Waals surface area contributed by atoms with Gasteiger partial charge in [-0.15, -0.1) is 5.10 Å². The van der Waals surface area contributed by atoms with E-state index in [0.29, 0.717) is 31.1 Å². The Morgan fingerprint density at radius 1 is 1.26 bits per heavy atom. The molecule has 1 N–H and O–H groups in total. The van der Waals surface area contributed by atoms with E-state index in [1.807, 2.05) is 4.90 Å². The minimum Gasteiger partial charge on any atom is -0.480 e. The lowest BCUT2D eigenvalue weighted by Gasteiger charge is -2.24. The van der Waals surface area contributed by atoms with Crippen molar-refractivity contribution in [3.05, 3.63) is 53.2 Å². The van der Waals surface area contributed by atoms with Gasteiger partial charge in [-0.1, -0.05) is 0 Å². The van der Waals surface area contributed by atoms with Crippen molar-refractivity contribution in [1.82, 2.24) is 15.1 Å². The quantitative estimate of drug-likeness (QED) is 0.934. The molecule has 0 radical (unpaired) electrons. The van der Waals surface area contributed by atoms with E-state index in [-0.39, 0.29) is 5.56 Å². The van der Waals surface area contributed by atoms with Crippen LogP contribution in [-0.2, 0) is 6.54 Å². The van der Waals surface area contributed by atoms with Crippen molar-refractivity contribution in [2.45, 2.75) is 25.1 Å². The number of benzene rings is 1. The van der Waals surface area contributed by atoms with Gasteiger partial charge in [-0.05, 0) is 30.7 Å². The van der Waals surface area contributed by atoms with E-state index < -0.39 is 23.8 Å². The highest BCUT2D eigenvalue weighted by Gasteiger charge is 2.34. The SMILES string of the molecule is COc1ccc(CN2C[C@H](O)C[C@@H]2c2cc(F)ccc2F)nn1. The monoisotopic (exact) mass is 321 g/mol. The molecule has 1 aromatic heterocycles. The maximum Gasteiger partial charge on any atom is 0.233 e. The number of methoxy groups -OCH3 is 1. The van der Waals surface area contributed by atoms with Crippen molar-refractivity contribution in [2.75, 3.05) is 13.7 Å². The van der Waals surface area contributed by atoms with E-state index in [1.54, 1.807) is 12.1 Å². The molecular weight excluding hydrogens is 304 g/mol. The number of hydrogen-bond donors (Lipinski definition) is 1. The highest BCUT2D eigenvalue weighted by atomic mass is 19.1. The second-order valence-corrected chi connectivity index (χ2v) is 5.57. The second kappa shape index (κ2) is 6.55. The average molecular weight is 321 g/mol. The Morgan fingerprint density at radius 2 is 2.09 bits per heavy atom. The molecule has 122 valence electrons. The van der Waals surface area contributed by atoms with Crippen LogP contribution in [0.15, 0.2) is 30.3 Å². The molecule has 1 fully saturated rings. The van der Waals surface area contributed by atoms with E-state index in [9.17, 15) is 13.9 Å². The maximum atomic E-state index is 14.0. The minimum atomic E-state index is -0.589. The summed E-state index contributed by atoms with van der Waals surface area (Å²) in [6.07, 6.45) is -0.238. The summed E-state index contributed by atoms with van der Waals surface area (Å²) in [4.78, 5) is 1.87. The number of aliphatic hydroxyl groups is 1. The van der Waals surface area contributed by atoms with Gasteiger partial charge in [0.2, 0.25) is 5.88 Å². The highest BCUT2D eigenvalue weighted by Crippen LogP contribution is 2.34. The van der Waals surface area contributed by atoms with Crippen LogP contribution in [0.25, 0.3) is 0 Å². The van der Waals surface area contributed by atoms with Crippen molar-refractivity contribution >= 4 is 0 Å². The fourth-order valence-corrected chi connectivity index (χ4v) is 2.90. The molecule has 7 heteroatoms. The summed E-state index contributed by atoms with van der Waals surface area (Å²) in [5.41, 5.74) is 0.921. The molecule has 5 nitrogen and oxygen atoms in total. The van der Waals surface area contributed by atoms with Gasteiger partial charge in [0.15, 0.2) is 0 Å². The summed E-state index contributed by atoms with van der Waals surface area (Å²) in [6.45, 7) is 0.753. The molecule has 1 aromatic carbocycles. The number of β-amino-alcohol motifs (C(OH)–C–C–N with tert-alkyl or cyclic N) is 1. The zero-order chi connectivity index (χ0) is 16.4. The molecule has 0 spiro atoms. The molecule has 0 saturated carbocycles. The standard InChI is InChI=1S/C16H17F2N3O2/c1-23-16-5-3-11(19-20-16)8-21-9-12(22)7-15(21)13-6-10(17)2-4-14(13)18/h2-6,12,15,22H,7-9H2,1H3/t12-,15-/m1/s1. The number of ether oxygens (including phenoxy) is 1. The lowest BCUT2D eigenvalue weighted by Crippen LogP contribution is -2.25. The molecule has 3 rings (SSSR count). The summed E-state index contributed by atoms with van der Waals surface area (Å²) in [6, 6.07) is 6.43. The minimum absolute atomic E-state index is 0.253. The fraction of sp³-hybridized carbons (Fsp3) is 0.375. The van der Waals surface area contributed by atoms with Crippen LogP contribution in [0.2, 0.25) is 0 Å². The Labute approximate surface area is 132 Å². The maximum absolute atomic E-state index is 14.0. The third kappa shape index (κ3) is 3.46. The van der Waals surface area contributed by atoms with E-state index in [4.69, 9.17) is 4.74 Å². The van der Waals surface area contributed by atoms with Crippen LogP contribution in [-0.4, -0.2) is 40.0 Å². The van der Waals surface area contributed by atoms with Crippen LogP contribution < -0.4 is 4.74 Å². The van der Waals surface area contributed by atoms with Crippen molar-refractivity contribution < 1.29 is 18.6 Å². The Kier molecular flexibility index (Phi) is 4.49. The third-order valence-electron chi connectivity index (χ3n) is 3.97. The van der Waals surface area contributed by atoms with Gasteiger partial charge in [0.1, 0.15) is 11.6 Å². The smallest absolute Gasteiger partial charge is 0.233 e. The van der Waals surface area contributed by atoms with Gasteiger partial charge in [0.05, 0.1) is 18.9 Å². The summed E-state index contributed by atoms with van der Waals surface area (Å²) in [5.74, 6) is -0.564. The summed E-state index contributed by atoms with van der Waals surface area (Å²) >= 11 is 0. The number of hydrogen-bond acceptors (Lipinski definition) is 5. The number of rotatable bonds is 4. The van der Waals surface area contributed by atoms with Crippen LogP contribution in [0, 0.1) is 11.6 Å². The number of nitrogens with zero attached hydrogens (tertiary/aromatic N) is 3. The van der Waals surface area contributed by atoms with Crippen molar-refractivity contribution in [3.8, 4) is 5.88 Å². The predicted molar refractivity (Wildman–Crippen MR) is 78.7 cm³/mol. The molecule has 0 unspecified atom stereocenters. The van der Waals surface area contributed by atoms with E-state index in [0.717, 1.165) is 12.1 Å². The number of likely N-dealkylation sites (tertiary alicyclic amines) is 1. The van der Waals surface area contributed by atoms with E-state index >= 15 is 0 Å². The first-order valence-electron chi connectivity index (χ1n) is 7.30. The molecule has 2 atom stereocenters. The largest absolute Gasteiger partial charge is 0.480 e. The van der Waals surface area contributed by atoms with Gasteiger partial charge in [-0.2, -0.15) is 5.10 Å². The van der Waals surface area contributed by atoms with Crippen molar-refractivity contribution in [3.63, 3.8) is 0 Å². The van der Waals surface area contributed by atoms with Gasteiger partial charge >= 0.3 is 0 Å². The van der Waals surface area contributed by atoms with Crippen LogP contribution in [0.1, 0.15) is 23.7 Å². The second-order valence-electron chi connectivity index (χ2n) is 5.57. The molecule has 1 aliphatic rings. The first-order valence-corrected chi connectivity index (χ1v) is 7.30. The van der Waals surface area contributed by atoms with Crippen LogP contribution in [0.5, 0.6) is 5.88 Å². The molecule has 1 aliphatic heterocycles. The van der Waals surface area contributed by atoms with Gasteiger partial charge in [-0.25, -0.2) is 8.78 Å². The predicted octanol–water partition coefficient (Wildman–Crippen LogP) is 2.07. The number of halogens is 2. The molecule has 2 heterocycles. The molecule has 23 heavy (non-hydrogen) atoms. The first kappa shape index (κ1) is 15.8. The molecular formula is C16H17F2N3O2. The molecule has 0 bridgehead atoms. The number of aromatic nitrogens is 2. The third-order valence-corrected chi connectivity index (χ3v) is 3.97. The Balaban J connectivity index is 1.83. The zero-order valence-electron chi connectivity index (χ0n) is 12.6. The lowest BCUT2D eigenvalue weighted by atomic mass is 10.0.